The molecule has 2 N–H and O–H groups in total. The third-order valence-electron chi connectivity index (χ3n) is 4.11. The van der Waals surface area contributed by atoms with Crippen LogP contribution >= 0.6 is 35.7 Å². The Balaban J connectivity index is 0.00000576. The van der Waals surface area contributed by atoms with Crippen molar-refractivity contribution in [1.29, 1.82) is 0 Å². The van der Waals surface area contributed by atoms with Gasteiger partial charge in [0.2, 0.25) is 10.0 Å². The second kappa shape index (κ2) is 14.3. The predicted octanol–water partition coefficient (Wildman–Crippen LogP) is 2.51. The summed E-state index contributed by atoms with van der Waals surface area (Å²) in [5, 5.41) is 6.46. The van der Waals surface area contributed by atoms with E-state index in [1.807, 2.05) is 11.8 Å². The second-order valence-corrected chi connectivity index (χ2v) is 9.53. The number of thioether (sulfide) groups is 1. The number of hydrogen-bond donors (Lipinski definition) is 2. The smallest absolute Gasteiger partial charge is 0.215 e. The fourth-order valence-electron chi connectivity index (χ4n) is 2.63. The zero-order chi connectivity index (χ0) is 17.8. The number of guanidine groups is 1. The van der Waals surface area contributed by atoms with E-state index in [1.54, 1.807) is 11.4 Å². The van der Waals surface area contributed by atoms with Crippen molar-refractivity contribution in [2.45, 2.75) is 52.0 Å². The van der Waals surface area contributed by atoms with Crippen LogP contribution < -0.4 is 10.6 Å². The Morgan fingerprint density at radius 3 is 2.52 bits per heavy atom. The fourth-order valence-corrected chi connectivity index (χ4v) is 5.12. The molecule has 150 valence electrons. The molecule has 1 atom stereocenters. The zero-order valence-corrected chi connectivity index (χ0v) is 19.8. The molecule has 0 saturated carbocycles. The zero-order valence-electron chi connectivity index (χ0n) is 15.8. The summed E-state index contributed by atoms with van der Waals surface area (Å²) in [4.78, 5) is 4.19. The molecule has 0 aromatic rings. The molecule has 1 saturated heterocycles. The molecule has 1 fully saturated rings. The average molecular weight is 507 g/mol. The number of sulfonamides is 1. The largest absolute Gasteiger partial charge is 0.355 e. The molecule has 0 aromatic heterocycles. The summed E-state index contributed by atoms with van der Waals surface area (Å²) >= 11 is 1.81. The minimum Gasteiger partial charge on any atom is -0.355 e. The first-order chi connectivity index (χ1) is 11.5. The van der Waals surface area contributed by atoms with Gasteiger partial charge < -0.3 is 10.6 Å². The van der Waals surface area contributed by atoms with Gasteiger partial charge in [0, 0.05) is 44.2 Å². The first-order valence-corrected chi connectivity index (χ1v) is 11.8. The summed E-state index contributed by atoms with van der Waals surface area (Å²) < 4.78 is 26.2. The molecule has 6 nitrogen and oxygen atoms in total. The van der Waals surface area contributed by atoms with Crippen LogP contribution in [0.4, 0.5) is 0 Å². The van der Waals surface area contributed by atoms with E-state index in [0.29, 0.717) is 31.6 Å². The quantitative estimate of drug-likeness (QED) is 0.206. The molecule has 1 aliphatic heterocycles. The molecule has 0 radical (unpaired) electrons. The molecular formula is C16H35IN4O2S2. The highest BCUT2D eigenvalue weighted by molar-refractivity contribution is 14.0. The first kappa shape index (κ1) is 25.3. The lowest BCUT2D eigenvalue weighted by Gasteiger charge is -2.26. The summed E-state index contributed by atoms with van der Waals surface area (Å²) in [5.74, 6) is 2.59. The van der Waals surface area contributed by atoms with Crippen LogP contribution in [-0.4, -0.2) is 68.7 Å². The van der Waals surface area contributed by atoms with Gasteiger partial charge in [-0.05, 0) is 13.3 Å². The van der Waals surface area contributed by atoms with Crippen LogP contribution in [0.2, 0.25) is 0 Å². The van der Waals surface area contributed by atoms with E-state index in [0.717, 1.165) is 17.9 Å². The Morgan fingerprint density at radius 2 is 1.92 bits per heavy atom. The van der Waals surface area contributed by atoms with E-state index in [1.165, 1.54) is 25.7 Å². The van der Waals surface area contributed by atoms with E-state index >= 15 is 0 Å². The second-order valence-electron chi connectivity index (χ2n) is 6.22. The first-order valence-electron chi connectivity index (χ1n) is 9.02. The summed E-state index contributed by atoms with van der Waals surface area (Å²) in [6, 6.07) is 0.337. The van der Waals surface area contributed by atoms with Gasteiger partial charge in [0.25, 0.3) is 0 Å². The highest BCUT2D eigenvalue weighted by Crippen LogP contribution is 2.13. The Morgan fingerprint density at radius 1 is 1.24 bits per heavy atom. The van der Waals surface area contributed by atoms with Gasteiger partial charge >= 0.3 is 0 Å². The maximum absolute atomic E-state index is 12.3. The molecule has 0 bridgehead atoms. The normalized spacial score (nSPS) is 17.6. The van der Waals surface area contributed by atoms with Crippen LogP contribution in [0.15, 0.2) is 4.99 Å². The summed E-state index contributed by atoms with van der Waals surface area (Å²) in [5.41, 5.74) is 0. The third kappa shape index (κ3) is 10.9. The van der Waals surface area contributed by atoms with Crippen LogP contribution in [0.3, 0.4) is 0 Å². The van der Waals surface area contributed by atoms with Gasteiger partial charge in [0.1, 0.15) is 0 Å². The number of aliphatic imine (C=N–C) groups is 1. The molecule has 0 amide bonds. The van der Waals surface area contributed by atoms with E-state index in [9.17, 15) is 8.42 Å². The van der Waals surface area contributed by atoms with E-state index in [-0.39, 0.29) is 29.7 Å². The van der Waals surface area contributed by atoms with E-state index in [2.05, 4.69) is 29.5 Å². The van der Waals surface area contributed by atoms with Crippen LogP contribution in [0.5, 0.6) is 0 Å². The molecule has 1 unspecified atom stereocenters. The van der Waals surface area contributed by atoms with Gasteiger partial charge in [0.05, 0.1) is 5.75 Å². The van der Waals surface area contributed by atoms with Crippen LogP contribution in [0, 0.1) is 0 Å². The lowest BCUT2D eigenvalue weighted by atomic mass is 10.1. The Bertz CT molecular complexity index is 469. The molecule has 1 rings (SSSR count). The van der Waals surface area contributed by atoms with Crippen molar-refractivity contribution in [3.8, 4) is 0 Å². The summed E-state index contributed by atoms with van der Waals surface area (Å²) in [7, 11) is -1.44. The average Bonchev–Trinajstić information content (AvgIpc) is 2.58. The Labute approximate surface area is 175 Å². The molecule has 1 aliphatic rings. The van der Waals surface area contributed by atoms with E-state index < -0.39 is 10.0 Å². The molecular weight excluding hydrogens is 471 g/mol. The number of unbranched alkanes of at least 4 members (excludes halogenated alkanes) is 3. The van der Waals surface area contributed by atoms with Crippen molar-refractivity contribution >= 4 is 51.7 Å². The fraction of sp³-hybridized carbons (Fsp3) is 0.938. The summed E-state index contributed by atoms with van der Waals surface area (Å²) in [6.45, 7) is 6.00. The monoisotopic (exact) mass is 506 g/mol. The number of halogens is 1. The molecule has 0 aliphatic carbocycles. The van der Waals surface area contributed by atoms with Gasteiger partial charge in [-0.15, -0.1) is 24.0 Å². The highest BCUT2D eigenvalue weighted by Gasteiger charge is 2.23. The van der Waals surface area contributed by atoms with Crippen molar-refractivity contribution in [3.63, 3.8) is 0 Å². The lowest BCUT2D eigenvalue weighted by Crippen LogP contribution is -2.46. The number of nitrogens with one attached hydrogen (secondary N) is 2. The van der Waals surface area contributed by atoms with Crippen LogP contribution in [0.1, 0.15) is 46.0 Å². The standard InChI is InChI=1S/C16H34N4O2S2.HI/c1-4-5-6-7-8-15(2)19-16(17-3)18-9-14-24(21,22)20-10-12-23-13-11-20;/h15H,4-14H2,1-3H3,(H2,17,18,19);1H. The molecule has 9 heteroatoms. The topological polar surface area (TPSA) is 73.8 Å². The minimum absolute atomic E-state index is 0. The lowest BCUT2D eigenvalue weighted by molar-refractivity contribution is 0.443. The van der Waals surface area contributed by atoms with Crippen LogP contribution in [0.25, 0.3) is 0 Å². The van der Waals surface area contributed by atoms with Gasteiger partial charge in [-0.1, -0.05) is 32.6 Å². The predicted molar refractivity (Wildman–Crippen MR) is 121 cm³/mol. The van der Waals surface area contributed by atoms with Crippen molar-refractivity contribution in [2.75, 3.05) is 43.9 Å². The van der Waals surface area contributed by atoms with E-state index in [4.69, 9.17) is 0 Å². The highest BCUT2D eigenvalue weighted by atomic mass is 127. The van der Waals surface area contributed by atoms with Crippen LogP contribution in [-0.2, 0) is 10.0 Å². The third-order valence-corrected chi connectivity index (χ3v) is 6.93. The van der Waals surface area contributed by atoms with Gasteiger partial charge in [-0.25, -0.2) is 12.7 Å². The van der Waals surface area contributed by atoms with Gasteiger partial charge in [-0.2, -0.15) is 11.8 Å². The SMILES string of the molecule is CCCCCCC(C)NC(=NC)NCCS(=O)(=O)N1CCSCC1.I. The van der Waals surface area contributed by atoms with Gasteiger partial charge in [0.15, 0.2) is 5.96 Å². The van der Waals surface area contributed by atoms with Crippen molar-refractivity contribution in [2.24, 2.45) is 4.99 Å². The number of nitrogens with zero attached hydrogens (tertiary/aromatic N) is 2. The Hall–Kier alpha value is 0.260. The maximum Gasteiger partial charge on any atom is 0.215 e. The maximum atomic E-state index is 12.3. The van der Waals surface area contributed by atoms with Crippen molar-refractivity contribution in [1.82, 2.24) is 14.9 Å². The number of rotatable bonds is 10. The Kier molecular flexibility index (Phi) is 14.5. The van der Waals surface area contributed by atoms with Crippen molar-refractivity contribution in [3.05, 3.63) is 0 Å². The molecule has 25 heavy (non-hydrogen) atoms. The molecule has 0 spiro atoms. The molecule has 0 aromatic carbocycles. The summed E-state index contributed by atoms with van der Waals surface area (Å²) in [6.07, 6.45) is 6.10. The molecule has 1 heterocycles. The minimum atomic E-state index is -3.16. The van der Waals surface area contributed by atoms with Crippen molar-refractivity contribution < 1.29 is 8.42 Å². The van der Waals surface area contributed by atoms with Gasteiger partial charge in [-0.3, -0.25) is 4.99 Å². The number of hydrogen-bond acceptors (Lipinski definition) is 4.